The Balaban J connectivity index is 0.00000240. The van der Waals surface area contributed by atoms with Crippen LogP contribution in [-0.2, 0) is 24.2 Å². The molecule has 4 rings (SSSR count). The van der Waals surface area contributed by atoms with E-state index in [9.17, 15) is 4.39 Å². The molecule has 1 aromatic carbocycles. The standard InChI is InChI=1S/C21H28FN5O.HI/c1-15-12-27(14-19(28-15)16-6-8-17(22)9-7-16)21(23-2)24-11-18-13-26-10-4-3-5-20(26)25-18;/h6-9,13,15,19H,3-5,10-12,14H2,1-2H3,(H,23,24);1H. The highest BCUT2D eigenvalue weighted by Gasteiger charge is 2.28. The van der Waals surface area contributed by atoms with Gasteiger partial charge in [-0.2, -0.15) is 0 Å². The maximum Gasteiger partial charge on any atom is 0.194 e. The van der Waals surface area contributed by atoms with Gasteiger partial charge in [-0.15, -0.1) is 24.0 Å². The van der Waals surface area contributed by atoms with Crippen LogP contribution < -0.4 is 5.32 Å². The molecule has 1 aromatic heterocycles. The molecule has 0 amide bonds. The second-order valence-electron chi connectivity index (χ2n) is 7.59. The van der Waals surface area contributed by atoms with Crippen LogP contribution in [0.15, 0.2) is 35.5 Å². The monoisotopic (exact) mass is 513 g/mol. The number of guanidine groups is 1. The Morgan fingerprint density at radius 2 is 2.07 bits per heavy atom. The van der Waals surface area contributed by atoms with Crippen LogP contribution in [0.1, 0.15) is 43.0 Å². The lowest BCUT2D eigenvalue weighted by Gasteiger charge is -2.38. The Hall–Kier alpha value is -1.68. The third-order valence-electron chi connectivity index (χ3n) is 5.40. The van der Waals surface area contributed by atoms with E-state index in [0.717, 1.165) is 36.7 Å². The molecule has 2 unspecified atom stereocenters. The number of morpholine rings is 1. The number of aryl methyl sites for hydroxylation is 2. The van der Waals surface area contributed by atoms with E-state index in [1.165, 1.54) is 30.8 Å². The van der Waals surface area contributed by atoms with Crippen LogP contribution in [0.2, 0.25) is 0 Å². The van der Waals surface area contributed by atoms with Gasteiger partial charge in [0.05, 0.1) is 24.9 Å². The number of aromatic nitrogens is 2. The summed E-state index contributed by atoms with van der Waals surface area (Å²) in [6.07, 6.45) is 5.62. The lowest BCUT2D eigenvalue weighted by molar-refractivity contribution is -0.0605. The SMILES string of the molecule is CN=C(NCc1cn2c(n1)CCCC2)N1CC(C)OC(c2ccc(F)cc2)C1.I. The number of nitrogens with zero attached hydrogens (tertiary/aromatic N) is 4. The van der Waals surface area contributed by atoms with Gasteiger partial charge in [-0.25, -0.2) is 9.37 Å². The summed E-state index contributed by atoms with van der Waals surface area (Å²) in [6, 6.07) is 6.55. The van der Waals surface area contributed by atoms with Crippen LogP contribution in [0.25, 0.3) is 0 Å². The van der Waals surface area contributed by atoms with E-state index in [2.05, 4.69) is 32.9 Å². The molecule has 29 heavy (non-hydrogen) atoms. The Bertz CT molecular complexity index is 815. The van der Waals surface area contributed by atoms with E-state index in [1.54, 1.807) is 19.2 Å². The number of imidazole rings is 1. The highest BCUT2D eigenvalue weighted by molar-refractivity contribution is 14.0. The first-order valence-corrected chi connectivity index (χ1v) is 10.0. The van der Waals surface area contributed by atoms with E-state index in [1.807, 2.05) is 0 Å². The molecular weight excluding hydrogens is 484 g/mol. The molecule has 0 aliphatic carbocycles. The van der Waals surface area contributed by atoms with Crippen LogP contribution in [-0.4, -0.2) is 46.7 Å². The second-order valence-corrected chi connectivity index (χ2v) is 7.59. The van der Waals surface area contributed by atoms with Gasteiger partial charge in [-0.1, -0.05) is 12.1 Å². The number of rotatable bonds is 3. The summed E-state index contributed by atoms with van der Waals surface area (Å²) in [5.41, 5.74) is 2.03. The highest BCUT2D eigenvalue weighted by Crippen LogP contribution is 2.25. The highest BCUT2D eigenvalue weighted by atomic mass is 127. The van der Waals surface area contributed by atoms with Crippen molar-refractivity contribution in [3.8, 4) is 0 Å². The number of hydrogen-bond acceptors (Lipinski definition) is 3. The van der Waals surface area contributed by atoms with Crippen molar-refractivity contribution in [2.75, 3.05) is 20.1 Å². The fourth-order valence-electron chi connectivity index (χ4n) is 4.04. The Morgan fingerprint density at radius 1 is 1.28 bits per heavy atom. The molecule has 2 aliphatic rings. The second kappa shape index (κ2) is 9.88. The van der Waals surface area contributed by atoms with Crippen LogP contribution in [0.4, 0.5) is 4.39 Å². The summed E-state index contributed by atoms with van der Waals surface area (Å²) in [6.45, 7) is 5.21. The summed E-state index contributed by atoms with van der Waals surface area (Å²) in [5, 5.41) is 3.45. The first-order chi connectivity index (χ1) is 13.6. The number of nitrogens with one attached hydrogen (secondary N) is 1. The van der Waals surface area contributed by atoms with Gasteiger partial charge < -0.3 is 19.5 Å². The van der Waals surface area contributed by atoms with Crippen molar-refractivity contribution in [2.24, 2.45) is 4.99 Å². The maximum atomic E-state index is 13.2. The number of benzene rings is 1. The molecule has 2 aliphatic heterocycles. The van der Waals surface area contributed by atoms with Crippen molar-refractivity contribution in [1.29, 1.82) is 0 Å². The van der Waals surface area contributed by atoms with Crippen LogP contribution in [0, 0.1) is 5.82 Å². The molecule has 0 radical (unpaired) electrons. The van der Waals surface area contributed by atoms with E-state index in [0.29, 0.717) is 13.1 Å². The van der Waals surface area contributed by atoms with Gasteiger partial charge in [0.15, 0.2) is 5.96 Å². The number of halogens is 2. The van der Waals surface area contributed by atoms with Crippen LogP contribution >= 0.6 is 24.0 Å². The van der Waals surface area contributed by atoms with Gasteiger partial charge in [0.2, 0.25) is 0 Å². The molecule has 2 atom stereocenters. The van der Waals surface area contributed by atoms with Crippen molar-refractivity contribution in [3.05, 3.63) is 53.4 Å². The molecule has 2 aromatic rings. The average Bonchev–Trinajstić information content (AvgIpc) is 3.11. The minimum Gasteiger partial charge on any atom is -0.367 e. The molecule has 1 fully saturated rings. The Labute approximate surface area is 188 Å². The van der Waals surface area contributed by atoms with E-state index < -0.39 is 0 Å². The fraction of sp³-hybridized carbons (Fsp3) is 0.524. The smallest absolute Gasteiger partial charge is 0.194 e. The Morgan fingerprint density at radius 3 is 2.79 bits per heavy atom. The van der Waals surface area contributed by atoms with Gasteiger partial charge >= 0.3 is 0 Å². The lowest BCUT2D eigenvalue weighted by atomic mass is 10.1. The van der Waals surface area contributed by atoms with Crippen molar-refractivity contribution in [1.82, 2.24) is 19.8 Å². The largest absolute Gasteiger partial charge is 0.367 e. The number of aliphatic imine (C=N–C) groups is 1. The third kappa shape index (κ3) is 5.28. The quantitative estimate of drug-likeness (QED) is 0.388. The zero-order valence-electron chi connectivity index (χ0n) is 17.0. The lowest BCUT2D eigenvalue weighted by Crippen LogP contribution is -2.50. The predicted molar refractivity (Wildman–Crippen MR) is 122 cm³/mol. The van der Waals surface area contributed by atoms with E-state index in [4.69, 9.17) is 9.72 Å². The molecule has 0 bridgehead atoms. The molecule has 1 saturated heterocycles. The third-order valence-corrected chi connectivity index (χ3v) is 5.40. The summed E-state index contributed by atoms with van der Waals surface area (Å²) in [4.78, 5) is 11.4. The number of hydrogen-bond donors (Lipinski definition) is 1. The molecule has 1 N–H and O–H groups in total. The molecule has 3 heterocycles. The molecular formula is C21H29FIN5O. The summed E-state index contributed by atoms with van der Waals surface area (Å²) in [5.74, 6) is 1.80. The summed E-state index contributed by atoms with van der Waals surface area (Å²) >= 11 is 0. The summed E-state index contributed by atoms with van der Waals surface area (Å²) < 4.78 is 21.6. The number of ether oxygens (including phenoxy) is 1. The fourth-order valence-corrected chi connectivity index (χ4v) is 4.04. The Kier molecular flexibility index (Phi) is 7.50. The van der Waals surface area contributed by atoms with Crippen molar-refractivity contribution in [3.63, 3.8) is 0 Å². The normalized spacial score (nSPS) is 22.0. The molecule has 8 heteroatoms. The van der Waals surface area contributed by atoms with E-state index >= 15 is 0 Å². The maximum absolute atomic E-state index is 13.2. The first kappa shape index (κ1) is 22.0. The summed E-state index contributed by atoms with van der Waals surface area (Å²) in [7, 11) is 1.80. The molecule has 0 saturated carbocycles. The van der Waals surface area contributed by atoms with Gasteiger partial charge in [0.1, 0.15) is 17.7 Å². The number of fused-ring (bicyclic) bond motifs is 1. The minimum absolute atomic E-state index is 0. The van der Waals surface area contributed by atoms with Crippen molar-refractivity contribution in [2.45, 2.75) is 51.5 Å². The topological polar surface area (TPSA) is 54.7 Å². The molecule has 158 valence electrons. The average molecular weight is 513 g/mol. The predicted octanol–water partition coefficient (Wildman–Crippen LogP) is 3.51. The van der Waals surface area contributed by atoms with Gasteiger partial charge in [-0.3, -0.25) is 4.99 Å². The van der Waals surface area contributed by atoms with Crippen molar-refractivity contribution >= 4 is 29.9 Å². The molecule has 0 spiro atoms. The first-order valence-electron chi connectivity index (χ1n) is 10.0. The van der Waals surface area contributed by atoms with Gasteiger partial charge in [0.25, 0.3) is 0 Å². The van der Waals surface area contributed by atoms with Crippen LogP contribution in [0.3, 0.4) is 0 Å². The van der Waals surface area contributed by atoms with E-state index in [-0.39, 0.29) is 42.0 Å². The van der Waals surface area contributed by atoms with Gasteiger partial charge in [0, 0.05) is 32.8 Å². The van der Waals surface area contributed by atoms with Gasteiger partial charge in [-0.05, 0) is 37.5 Å². The minimum atomic E-state index is -0.232. The van der Waals surface area contributed by atoms with Crippen LogP contribution in [0.5, 0.6) is 0 Å². The van der Waals surface area contributed by atoms with Crippen molar-refractivity contribution < 1.29 is 9.13 Å². The zero-order valence-corrected chi connectivity index (χ0v) is 19.3. The zero-order chi connectivity index (χ0) is 19.5. The molecule has 6 nitrogen and oxygen atoms in total.